The third kappa shape index (κ3) is 2.63. The lowest BCUT2D eigenvalue weighted by atomic mass is 10.00. The van der Waals surface area contributed by atoms with E-state index in [1.807, 2.05) is 31.2 Å². The number of benzene rings is 2. The van der Waals surface area contributed by atoms with Gasteiger partial charge in [-0.3, -0.25) is 0 Å². The molecular formula is C17H13Cl2NO2. The van der Waals surface area contributed by atoms with E-state index in [-0.39, 0.29) is 6.61 Å². The Bertz CT molecular complexity index is 827. The lowest BCUT2D eigenvalue weighted by Gasteiger charge is -2.04. The molecule has 0 saturated heterocycles. The van der Waals surface area contributed by atoms with Gasteiger partial charge in [-0.1, -0.05) is 58.7 Å². The first-order valence-corrected chi connectivity index (χ1v) is 7.48. The molecule has 0 aliphatic carbocycles. The van der Waals surface area contributed by atoms with Crippen molar-refractivity contribution in [1.82, 2.24) is 5.16 Å². The molecule has 1 aromatic heterocycles. The number of aromatic nitrogens is 1. The summed E-state index contributed by atoms with van der Waals surface area (Å²) in [6.45, 7) is 1.81. The van der Waals surface area contributed by atoms with Crippen molar-refractivity contribution < 1.29 is 9.63 Å². The van der Waals surface area contributed by atoms with Gasteiger partial charge in [-0.2, -0.15) is 0 Å². The lowest BCUT2D eigenvalue weighted by Crippen LogP contribution is -1.90. The maximum Gasteiger partial charge on any atom is 0.173 e. The molecule has 0 saturated carbocycles. The number of hydrogen-bond donors (Lipinski definition) is 1. The highest BCUT2D eigenvalue weighted by Gasteiger charge is 2.19. The Morgan fingerprint density at radius 2 is 1.86 bits per heavy atom. The standard InChI is InChI=1S/C17H13Cl2NO2/c1-10-4-2-3-5-12(10)17-13(9-21)16(20-22-17)11-6-7-14(18)15(19)8-11/h2-8,21H,9H2,1H3. The molecule has 0 atom stereocenters. The molecule has 0 bridgehead atoms. The van der Waals surface area contributed by atoms with E-state index in [4.69, 9.17) is 27.7 Å². The fraction of sp³-hybridized carbons (Fsp3) is 0.118. The van der Waals surface area contributed by atoms with Crippen LogP contribution in [0.25, 0.3) is 22.6 Å². The number of aliphatic hydroxyl groups excluding tert-OH is 1. The summed E-state index contributed by atoms with van der Waals surface area (Å²) in [6.07, 6.45) is 0. The maximum absolute atomic E-state index is 9.77. The smallest absolute Gasteiger partial charge is 0.173 e. The molecule has 3 nitrogen and oxygen atoms in total. The Morgan fingerprint density at radius 1 is 1.09 bits per heavy atom. The zero-order valence-corrected chi connectivity index (χ0v) is 13.3. The SMILES string of the molecule is Cc1ccccc1-c1onc(-c2ccc(Cl)c(Cl)c2)c1CO. The number of aliphatic hydroxyl groups is 1. The van der Waals surface area contributed by atoms with Gasteiger partial charge < -0.3 is 9.63 Å². The summed E-state index contributed by atoms with van der Waals surface area (Å²) in [6, 6.07) is 13.0. The van der Waals surface area contributed by atoms with Crippen molar-refractivity contribution in [2.24, 2.45) is 0 Å². The van der Waals surface area contributed by atoms with Crippen LogP contribution in [-0.2, 0) is 6.61 Å². The fourth-order valence-corrected chi connectivity index (χ4v) is 2.66. The van der Waals surface area contributed by atoms with Gasteiger partial charge in [-0.05, 0) is 24.6 Å². The first-order chi connectivity index (χ1) is 10.6. The normalized spacial score (nSPS) is 10.9. The highest BCUT2D eigenvalue weighted by Crippen LogP contribution is 2.35. The number of nitrogens with zero attached hydrogens (tertiary/aromatic N) is 1. The van der Waals surface area contributed by atoms with Crippen molar-refractivity contribution >= 4 is 23.2 Å². The molecule has 1 N–H and O–H groups in total. The van der Waals surface area contributed by atoms with Crippen LogP contribution in [0.2, 0.25) is 10.0 Å². The lowest BCUT2D eigenvalue weighted by molar-refractivity contribution is 0.281. The molecule has 2 aromatic carbocycles. The van der Waals surface area contributed by atoms with Crippen LogP contribution in [-0.4, -0.2) is 10.3 Å². The van der Waals surface area contributed by atoms with Crippen LogP contribution in [0.1, 0.15) is 11.1 Å². The highest BCUT2D eigenvalue weighted by atomic mass is 35.5. The third-order valence-electron chi connectivity index (χ3n) is 3.53. The number of hydrogen-bond acceptors (Lipinski definition) is 3. The molecule has 112 valence electrons. The van der Waals surface area contributed by atoms with E-state index in [0.717, 1.165) is 16.7 Å². The maximum atomic E-state index is 9.77. The Balaban J connectivity index is 2.15. The van der Waals surface area contributed by atoms with E-state index >= 15 is 0 Å². The average Bonchev–Trinajstić information content (AvgIpc) is 2.94. The van der Waals surface area contributed by atoms with Crippen LogP contribution in [0.4, 0.5) is 0 Å². The highest BCUT2D eigenvalue weighted by molar-refractivity contribution is 6.42. The van der Waals surface area contributed by atoms with E-state index in [2.05, 4.69) is 5.16 Å². The monoisotopic (exact) mass is 333 g/mol. The zero-order valence-electron chi connectivity index (χ0n) is 11.8. The van der Waals surface area contributed by atoms with Gasteiger partial charge in [0.15, 0.2) is 5.76 Å². The topological polar surface area (TPSA) is 46.3 Å². The van der Waals surface area contributed by atoms with Crippen molar-refractivity contribution in [3.63, 3.8) is 0 Å². The van der Waals surface area contributed by atoms with E-state index in [1.165, 1.54) is 0 Å². The van der Waals surface area contributed by atoms with Crippen LogP contribution >= 0.6 is 23.2 Å². The van der Waals surface area contributed by atoms with E-state index < -0.39 is 0 Å². The molecule has 0 unspecified atom stereocenters. The predicted octanol–water partition coefficient (Wildman–Crippen LogP) is 5.12. The second kappa shape index (κ2) is 6.13. The van der Waals surface area contributed by atoms with Gasteiger partial charge >= 0.3 is 0 Å². The summed E-state index contributed by atoms with van der Waals surface area (Å²) in [5.74, 6) is 0.571. The van der Waals surface area contributed by atoms with Gasteiger partial charge in [0.1, 0.15) is 5.69 Å². The van der Waals surface area contributed by atoms with Crippen molar-refractivity contribution in [2.45, 2.75) is 13.5 Å². The Hall–Kier alpha value is -1.81. The van der Waals surface area contributed by atoms with Crippen molar-refractivity contribution in [2.75, 3.05) is 0 Å². The summed E-state index contributed by atoms with van der Waals surface area (Å²) >= 11 is 12.0. The Labute approximate surface area is 138 Å². The second-order valence-electron chi connectivity index (χ2n) is 4.94. The summed E-state index contributed by atoms with van der Waals surface area (Å²) < 4.78 is 5.49. The van der Waals surface area contributed by atoms with Crippen LogP contribution < -0.4 is 0 Å². The van der Waals surface area contributed by atoms with Gasteiger partial charge in [0.25, 0.3) is 0 Å². The molecule has 0 fully saturated rings. The van der Waals surface area contributed by atoms with Gasteiger partial charge in [0.05, 0.1) is 22.2 Å². The summed E-state index contributed by atoms with van der Waals surface area (Å²) in [5, 5.41) is 14.8. The molecule has 0 aliphatic heterocycles. The van der Waals surface area contributed by atoms with Gasteiger partial charge in [-0.15, -0.1) is 0 Å². The molecular weight excluding hydrogens is 321 g/mol. The van der Waals surface area contributed by atoms with Gasteiger partial charge in [0.2, 0.25) is 0 Å². The van der Waals surface area contributed by atoms with E-state index in [1.54, 1.807) is 18.2 Å². The molecule has 5 heteroatoms. The summed E-state index contributed by atoms with van der Waals surface area (Å²) in [4.78, 5) is 0. The van der Waals surface area contributed by atoms with Gasteiger partial charge in [0, 0.05) is 11.1 Å². The number of rotatable bonds is 3. The fourth-order valence-electron chi connectivity index (χ4n) is 2.37. The quantitative estimate of drug-likeness (QED) is 0.723. The number of halogens is 2. The molecule has 22 heavy (non-hydrogen) atoms. The summed E-state index contributed by atoms with van der Waals surface area (Å²) in [7, 11) is 0. The van der Waals surface area contributed by atoms with Gasteiger partial charge in [-0.25, -0.2) is 0 Å². The Kier molecular flexibility index (Phi) is 4.21. The van der Waals surface area contributed by atoms with Crippen LogP contribution in [0, 0.1) is 6.92 Å². The van der Waals surface area contributed by atoms with E-state index in [9.17, 15) is 5.11 Å². The predicted molar refractivity (Wildman–Crippen MR) is 88.1 cm³/mol. The second-order valence-corrected chi connectivity index (χ2v) is 5.76. The largest absolute Gasteiger partial charge is 0.391 e. The Morgan fingerprint density at radius 3 is 2.55 bits per heavy atom. The van der Waals surface area contributed by atoms with Crippen molar-refractivity contribution in [1.29, 1.82) is 0 Å². The first-order valence-electron chi connectivity index (χ1n) is 6.72. The first kappa shape index (κ1) is 15.1. The number of aryl methyl sites for hydroxylation is 1. The molecule has 0 radical (unpaired) electrons. The summed E-state index contributed by atoms with van der Waals surface area (Å²) in [5.41, 5.74) is 3.91. The zero-order chi connectivity index (χ0) is 15.7. The van der Waals surface area contributed by atoms with Crippen LogP contribution in [0.5, 0.6) is 0 Å². The molecule has 3 aromatic rings. The third-order valence-corrected chi connectivity index (χ3v) is 4.27. The molecule has 0 aliphatic rings. The molecule has 1 heterocycles. The van der Waals surface area contributed by atoms with Crippen molar-refractivity contribution in [3.05, 3.63) is 63.6 Å². The molecule has 0 spiro atoms. The van der Waals surface area contributed by atoms with Crippen molar-refractivity contribution in [3.8, 4) is 22.6 Å². The molecule has 3 rings (SSSR count). The minimum atomic E-state index is -0.178. The van der Waals surface area contributed by atoms with Crippen LogP contribution in [0.15, 0.2) is 47.0 Å². The molecule has 0 amide bonds. The minimum Gasteiger partial charge on any atom is -0.391 e. The van der Waals surface area contributed by atoms with Crippen LogP contribution in [0.3, 0.4) is 0 Å². The minimum absolute atomic E-state index is 0.178. The van der Waals surface area contributed by atoms with E-state index in [0.29, 0.717) is 27.1 Å². The average molecular weight is 334 g/mol.